The van der Waals surface area contributed by atoms with Crippen LogP contribution < -0.4 is 0 Å². The maximum Gasteiger partial charge on any atom is 0.322 e. The van der Waals surface area contributed by atoms with Crippen molar-refractivity contribution in [1.82, 2.24) is 0 Å². The number of cyclic esters (lactones) is 1. The van der Waals surface area contributed by atoms with E-state index in [2.05, 4.69) is 18.7 Å². The molecule has 26 heavy (non-hydrogen) atoms. The summed E-state index contributed by atoms with van der Waals surface area (Å²) in [5, 5.41) is 0. The number of thioether (sulfide) groups is 1. The van der Waals surface area contributed by atoms with E-state index in [9.17, 15) is 4.79 Å². The molecule has 0 aromatic heterocycles. The minimum absolute atomic E-state index is 0.0129. The lowest BCUT2D eigenvalue weighted by atomic mass is 9.96. The Morgan fingerprint density at radius 2 is 1.69 bits per heavy atom. The number of esters is 1. The summed E-state index contributed by atoms with van der Waals surface area (Å²) in [6.07, 6.45) is 15.1. The lowest BCUT2D eigenvalue weighted by molar-refractivity contribution is -0.142. The molecule has 1 fully saturated rings. The first kappa shape index (κ1) is 21.1. The third-order valence-electron chi connectivity index (χ3n) is 5.09. The fourth-order valence-electron chi connectivity index (χ4n) is 3.69. The molecule has 144 valence electrons. The Morgan fingerprint density at radius 3 is 2.27 bits per heavy atom. The van der Waals surface area contributed by atoms with Crippen LogP contribution in [0.25, 0.3) is 0 Å². The molecule has 0 saturated carbocycles. The van der Waals surface area contributed by atoms with Crippen molar-refractivity contribution in [2.24, 2.45) is 0 Å². The number of benzene rings is 1. The second kappa shape index (κ2) is 11.5. The van der Waals surface area contributed by atoms with Gasteiger partial charge in [0, 0.05) is 11.3 Å². The summed E-state index contributed by atoms with van der Waals surface area (Å²) in [5.41, 5.74) is 0. The summed E-state index contributed by atoms with van der Waals surface area (Å²) in [4.78, 5) is 13.7. The lowest BCUT2D eigenvalue weighted by Gasteiger charge is -2.24. The van der Waals surface area contributed by atoms with Gasteiger partial charge in [-0.1, -0.05) is 69.2 Å². The van der Waals surface area contributed by atoms with Crippen molar-refractivity contribution in [2.45, 2.75) is 93.3 Å². The number of rotatable bonds is 13. The van der Waals surface area contributed by atoms with Gasteiger partial charge in [-0.05, 0) is 38.3 Å². The molecule has 2 atom stereocenters. The molecule has 1 aliphatic heterocycles. The minimum Gasteiger partial charge on any atom is -0.462 e. The summed E-state index contributed by atoms with van der Waals surface area (Å²) in [7, 11) is 0. The zero-order chi connectivity index (χ0) is 18.7. The van der Waals surface area contributed by atoms with E-state index in [1.54, 1.807) is 11.8 Å². The van der Waals surface area contributed by atoms with Gasteiger partial charge in [0.25, 0.3) is 0 Å². The van der Waals surface area contributed by atoms with Crippen LogP contribution in [0.2, 0.25) is 0 Å². The van der Waals surface area contributed by atoms with E-state index < -0.39 is 0 Å². The van der Waals surface area contributed by atoms with E-state index in [4.69, 9.17) is 4.74 Å². The highest BCUT2D eigenvalue weighted by Gasteiger charge is 2.48. The molecule has 0 bridgehead atoms. The van der Waals surface area contributed by atoms with Crippen LogP contribution >= 0.6 is 11.8 Å². The highest BCUT2D eigenvalue weighted by Crippen LogP contribution is 2.45. The molecule has 0 N–H and O–H groups in total. The zero-order valence-electron chi connectivity index (χ0n) is 16.3. The Kier molecular flexibility index (Phi) is 9.31. The molecule has 2 nitrogen and oxygen atoms in total. The Morgan fingerprint density at radius 1 is 1.08 bits per heavy atom. The Bertz CT molecular complexity index is 542. The monoisotopic (exact) mass is 374 g/mol. The van der Waals surface area contributed by atoms with Crippen molar-refractivity contribution in [3.05, 3.63) is 43.0 Å². The molecule has 1 aromatic carbocycles. The van der Waals surface area contributed by atoms with Crippen LogP contribution in [0, 0.1) is 0 Å². The van der Waals surface area contributed by atoms with E-state index in [0.29, 0.717) is 0 Å². The number of ether oxygens (including phenoxy) is 1. The SMILES string of the molecule is C=CCCCCCCCCCCC1(Sc2ccccc2)C[C@H](C)OC1=O. The Labute approximate surface area is 163 Å². The fraction of sp³-hybridized carbons (Fsp3) is 0.609. The van der Waals surface area contributed by atoms with Gasteiger partial charge in [0.1, 0.15) is 10.9 Å². The quantitative estimate of drug-likeness (QED) is 0.212. The van der Waals surface area contributed by atoms with Crippen LogP contribution in [-0.2, 0) is 9.53 Å². The minimum atomic E-state index is -0.383. The van der Waals surface area contributed by atoms with Gasteiger partial charge < -0.3 is 4.74 Å². The molecule has 1 unspecified atom stereocenters. The smallest absolute Gasteiger partial charge is 0.322 e. The van der Waals surface area contributed by atoms with Gasteiger partial charge in [-0.2, -0.15) is 0 Å². The summed E-state index contributed by atoms with van der Waals surface area (Å²) in [6, 6.07) is 10.3. The summed E-state index contributed by atoms with van der Waals surface area (Å²) in [6.45, 7) is 5.78. The largest absolute Gasteiger partial charge is 0.462 e. The van der Waals surface area contributed by atoms with Crippen LogP contribution in [0.5, 0.6) is 0 Å². The van der Waals surface area contributed by atoms with Crippen molar-refractivity contribution in [3.63, 3.8) is 0 Å². The fourth-order valence-corrected chi connectivity index (χ4v) is 5.13. The van der Waals surface area contributed by atoms with Gasteiger partial charge in [0.2, 0.25) is 0 Å². The average Bonchev–Trinajstić information content (AvgIpc) is 2.91. The van der Waals surface area contributed by atoms with Gasteiger partial charge in [0.05, 0.1) is 0 Å². The summed E-state index contributed by atoms with van der Waals surface area (Å²) >= 11 is 1.71. The van der Waals surface area contributed by atoms with E-state index in [-0.39, 0.29) is 16.8 Å². The van der Waals surface area contributed by atoms with Crippen LogP contribution in [-0.4, -0.2) is 16.8 Å². The van der Waals surface area contributed by atoms with Crippen LogP contribution in [0.3, 0.4) is 0 Å². The van der Waals surface area contributed by atoms with Gasteiger partial charge >= 0.3 is 5.97 Å². The van der Waals surface area contributed by atoms with E-state index in [0.717, 1.165) is 30.6 Å². The first-order valence-electron chi connectivity index (χ1n) is 10.2. The standard InChI is InChI=1S/C23H34O2S/c1-3-4-5-6-7-8-9-10-11-15-18-23(19-20(2)25-22(23)24)26-21-16-13-12-14-17-21/h3,12-14,16-17,20H,1,4-11,15,18-19H2,2H3/t20-,23?/m0/s1. The molecule has 2 rings (SSSR count). The second-order valence-electron chi connectivity index (χ2n) is 7.49. The average molecular weight is 375 g/mol. The maximum atomic E-state index is 12.6. The molecule has 1 aromatic rings. The molecule has 0 aliphatic carbocycles. The van der Waals surface area contributed by atoms with Crippen molar-refractivity contribution in [3.8, 4) is 0 Å². The van der Waals surface area contributed by atoms with Gasteiger partial charge in [-0.15, -0.1) is 18.3 Å². The van der Waals surface area contributed by atoms with E-state index in [1.165, 1.54) is 44.9 Å². The molecule has 1 heterocycles. The molecule has 3 heteroatoms. The topological polar surface area (TPSA) is 26.3 Å². The highest BCUT2D eigenvalue weighted by atomic mass is 32.2. The second-order valence-corrected chi connectivity index (χ2v) is 8.94. The molecule has 1 saturated heterocycles. The third-order valence-corrected chi connectivity index (χ3v) is 6.53. The van der Waals surface area contributed by atoms with Gasteiger partial charge in [-0.25, -0.2) is 0 Å². The van der Waals surface area contributed by atoms with Crippen LogP contribution in [0.4, 0.5) is 0 Å². The van der Waals surface area contributed by atoms with Crippen LogP contribution in [0.15, 0.2) is 47.9 Å². The zero-order valence-corrected chi connectivity index (χ0v) is 17.1. The number of hydrogen-bond donors (Lipinski definition) is 0. The van der Waals surface area contributed by atoms with E-state index in [1.807, 2.05) is 31.2 Å². The number of carbonyl (C=O) groups excluding carboxylic acids is 1. The lowest BCUT2D eigenvalue weighted by Crippen LogP contribution is -2.30. The third kappa shape index (κ3) is 6.83. The molecular formula is C23H34O2S. The number of allylic oxidation sites excluding steroid dienone is 1. The number of unbranched alkanes of at least 4 members (excludes halogenated alkanes) is 8. The maximum absolute atomic E-state index is 12.6. The number of hydrogen-bond acceptors (Lipinski definition) is 3. The van der Waals surface area contributed by atoms with Gasteiger partial charge in [-0.3, -0.25) is 4.79 Å². The number of carbonyl (C=O) groups is 1. The van der Waals surface area contributed by atoms with Crippen LogP contribution in [0.1, 0.15) is 77.6 Å². The summed E-state index contributed by atoms with van der Waals surface area (Å²) < 4.78 is 5.14. The first-order valence-corrected chi connectivity index (χ1v) is 11.0. The Hall–Kier alpha value is -1.22. The molecule has 0 spiro atoms. The normalized spacial score (nSPS) is 22.3. The molecule has 0 amide bonds. The summed E-state index contributed by atoms with van der Waals surface area (Å²) in [5.74, 6) is -0.0129. The molecule has 0 radical (unpaired) electrons. The van der Waals surface area contributed by atoms with Crippen molar-refractivity contribution < 1.29 is 9.53 Å². The predicted octanol–water partition coefficient (Wildman–Crippen LogP) is 6.94. The molecular weight excluding hydrogens is 340 g/mol. The highest BCUT2D eigenvalue weighted by molar-refractivity contribution is 8.01. The first-order chi connectivity index (χ1) is 12.7. The van der Waals surface area contributed by atoms with Crippen molar-refractivity contribution in [1.29, 1.82) is 0 Å². The molecule has 1 aliphatic rings. The van der Waals surface area contributed by atoms with Crippen molar-refractivity contribution >= 4 is 17.7 Å². The van der Waals surface area contributed by atoms with E-state index >= 15 is 0 Å². The van der Waals surface area contributed by atoms with Crippen molar-refractivity contribution in [2.75, 3.05) is 0 Å². The Balaban J connectivity index is 1.71. The van der Waals surface area contributed by atoms with Gasteiger partial charge in [0.15, 0.2) is 0 Å². The predicted molar refractivity (Wildman–Crippen MR) is 112 cm³/mol.